The second-order valence-electron chi connectivity index (χ2n) is 10.2. The van der Waals surface area contributed by atoms with Gasteiger partial charge in [-0.25, -0.2) is 0 Å². The minimum atomic E-state index is -0.0376. The van der Waals surface area contributed by atoms with E-state index in [1.165, 1.54) is 0 Å². The van der Waals surface area contributed by atoms with Crippen molar-refractivity contribution in [3.05, 3.63) is 46.6 Å². The molecule has 3 rings (SSSR count). The number of hydrogen-bond acceptors (Lipinski definition) is 4. The highest BCUT2D eigenvalue weighted by Gasteiger charge is 2.11. The molecule has 0 amide bonds. The molecule has 0 bridgehead atoms. The molecule has 31 heavy (non-hydrogen) atoms. The standard InChI is InChI=1S/C25H36N2O4/c1-26(2,3)13-7-15-29-19-9-11-21-23(17-19)31-24-18-20(10-12-22(24)25(21)28)30-16-8-14-27(4,5)6/h9-12,17-18H,7-8,13-16H2,1-6H3/q+2. The van der Waals surface area contributed by atoms with E-state index in [0.717, 1.165) is 34.9 Å². The summed E-state index contributed by atoms with van der Waals surface area (Å²) in [6.45, 7) is 3.32. The first kappa shape index (κ1) is 23.1. The van der Waals surface area contributed by atoms with Crippen molar-refractivity contribution in [3.63, 3.8) is 0 Å². The van der Waals surface area contributed by atoms with Crippen molar-refractivity contribution in [2.45, 2.75) is 12.8 Å². The summed E-state index contributed by atoms with van der Waals surface area (Å²) in [6.07, 6.45) is 1.91. The molecule has 0 N–H and O–H groups in total. The first-order valence-corrected chi connectivity index (χ1v) is 10.9. The van der Waals surface area contributed by atoms with E-state index in [2.05, 4.69) is 42.3 Å². The van der Waals surface area contributed by atoms with E-state index < -0.39 is 0 Å². The Hall–Kier alpha value is -2.57. The van der Waals surface area contributed by atoms with Gasteiger partial charge in [-0.2, -0.15) is 0 Å². The van der Waals surface area contributed by atoms with E-state index in [1.807, 2.05) is 12.1 Å². The fraction of sp³-hybridized carbons (Fsp3) is 0.480. The summed E-state index contributed by atoms with van der Waals surface area (Å²) >= 11 is 0. The highest BCUT2D eigenvalue weighted by atomic mass is 16.5. The van der Waals surface area contributed by atoms with Crippen LogP contribution in [0.25, 0.3) is 21.9 Å². The second kappa shape index (κ2) is 9.28. The average molecular weight is 429 g/mol. The lowest BCUT2D eigenvalue weighted by Gasteiger charge is -2.23. The van der Waals surface area contributed by atoms with Crippen molar-refractivity contribution in [1.82, 2.24) is 0 Å². The Labute approximate surface area is 184 Å². The van der Waals surface area contributed by atoms with Gasteiger partial charge in [0, 0.05) is 25.0 Å². The van der Waals surface area contributed by atoms with Crippen LogP contribution in [0, 0.1) is 0 Å². The molecule has 1 heterocycles. The zero-order chi connectivity index (χ0) is 22.6. The van der Waals surface area contributed by atoms with Crippen molar-refractivity contribution in [1.29, 1.82) is 0 Å². The van der Waals surface area contributed by atoms with Gasteiger partial charge in [0.2, 0.25) is 5.43 Å². The number of nitrogens with zero attached hydrogens (tertiary/aromatic N) is 2. The molecule has 0 aliphatic rings. The molecule has 0 unspecified atom stereocenters. The van der Waals surface area contributed by atoms with E-state index in [9.17, 15) is 4.79 Å². The van der Waals surface area contributed by atoms with Gasteiger partial charge in [0.1, 0.15) is 22.7 Å². The van der Waals surface area contributed by atoms with E-state index in [-0.39, 0.29) is 5.43 Å². The van der Waals surface area contributed by atoms with Gasteiger partial charge in [0.05, 0.1) is 79.4 Å². The van der Waals surface area contributed by atoms with Crippen molar-refractivity contribution in [2.75, 3.05) is 68.6 Å². The Kier molecular flexibility index (Phi) is 6.92. The van der Waals surface area contributed by atoms with Gasteiger partial charge < -0.3 is 22.9 Å². The van der Waals surface area contributed by atoms with Gasteiger partial charge in [-0.3, -0.25) is 4.79 Å². The SMILES string of the molecule is C[N+](C)(C)CCCOc1ccc2c(=O)c3ccc(OCCC[N+](C)(C)C)cc3oc2c1. The summed E-state index contributed by atoms with van der Waals surface area (Å²) in [5.41, 5.74) is 1.02. The monoisotopic (exact) mass is 428 g/mol. The molecule has 2 aromatic carbocycles. The normalized spacial score (nSPS) is 12.5. The smallest absolute Gasteiger partial charge is 0.200 e. The molecule has 0 aliphatic carbocycles. The Morgan fingerprint density at radius 3 is 1.52 bits per heavy atom. The third-order valence-electron chi connectivity index (χ3n) is 5.10. The molecule has 0 atom stereocenters. The summed E-state index contributed by atoms with van der Waals surface area (Å²) < 4.78 is 19.6. The van der Waals surface area contributed by atoms with Crippen LogP contribution in [-0.4, -0.2) is 77.6 Å². The molecule has 3 aromatic rings. The van der Waals surface area contributed by atoms with E-state index in [1.54, 1.807) is 24.3 Å². The lowest BCUT2D eigenvalue weighted by atomic mass is 10.1. The van der Waals surface area contributed by atoms with Crippen LogP contribution >= 0.6 is 0 Å². The van der Waals surface area contributed by atoms with E-state index in [4.69, 9.17) is 13.9 Å². The van der Waals surface area contributed by atoms with Crippen LogP contribution in [0.4, 0.5) is 0 Å². The maximum Gasteiger partial charge on any atom is 0.200 e. The topological polar surface area (TPSA) is 48.7 Å². The van der Waals surface area contributed by atoms with E-state index in [0.29, 0.717) is 46.7 Å². The molecule has 1 aromatic heterocycles. The summed E-state index contributed by atoms with van der Waals surface area (Å²) in [7, 11) is 13.0. The molecular weight excluding hydrogens is 392 g/mol. The van der Waals surface area contributed by atoms with Gasteiger partial charge in [0.15, 0.2) is 0 Å². The Bertz CT molecular complexity index is 1010. The number of ether oxygens (including phenoxy) is 2. The van der Waals surface area contributed by atoms with Gasteiger partial charge >= 0.3 is 0 Å². The third-order valence-corrected chi connectivity index (χ3v) is 5.10. The van der Waals surface area contributed by atoms with Crippen LogP contribution in [0.5, 0.6) is 11.5 Å². The van der Waals surface area contributed by atoms with Crippen LogP contribution in [0.3, 0.4) is 0 Å². The fourth-order valence-corrected chi connectivity index (χ4v) is 3.45. The van der Waals surface area contributed by atoms with Crippen LogP contribution in [0.1, 0.15) is 12.8 Å². The Balaban J connectivity index is 1.75. The molecule has 6 nitrogen and oxygen atoms in total. The summed E-state index contributed by atoms with van der Waals surface area (Å²) in [5.74, 6) is 1.42. The fourth-order valence-electron chi connectivity index (χ4n) is 3.45. The molecule has 6 heteroatoms. The molecule has 0 aliphatic heterocycles. The Morgan fingerprint density at radius 1 is 0.710 bits per heavy atom. The molecule has 0 radical (unpaired) electrons. The number of hydrogen-bond donors (Lipinski definition) is 0. The van der Waals surface area contributed by atoms with Crippen LogP contribution in [-0.2, 0) is 0 Å². The van der Waals surface area contributed by atoms with Gasteiger partial charge in [-0.15, -0.1) is 0 Å². The number of benzene rings is 2. The van der Waals surface area contributed by atoms with Gasteiger partial charge in [-0.1, -0.05) is 0 Å². The third kappa shape index (κ3) is 6.71. The predicted molar refractivity (Wildman–Crippen MR) is 126 cm³/mol. The van der Waals surface area contributed by atoms with Gasteiger partial charge in [-0.05, 0) is 24.3 Å². The second-order valence-corrected chi connectivity index (χ2v) is 10.2. The minimum absolute atomic E-state index is 0.0376. The summed E-state index contributed by atoms with van der Waals surface area (Å²) in [5, 5.41) is 1.12. The van der Waals surface area contributed by atoms with Crippen molar-refractivity contribution >= 4 is 21.9 Å². The molecule has 168 valence electrons. The number of fused-ring (bicyclic) bond motifs is 2. The lowest BCUT2D eigenvalue weighted by Crippen LogP contribution is -2.36. The molecule has 0 saturated heterocycles. The summed E-state index contributed by atoms with van der Waals surface area (Å²) in [4.78, 5) is 12.9. The van der Waals surface area contributed by atoms with Crippen molar-refractivity contribution in [3.8, 4) is 11.5 Å². The summed E-state index contributed by atoms with van der Waals surface area (Å²) in [6, 6.07) is 10.8. The lowest BCUT2D eigenvalue weighted by molar-refractivity contribution is -0.870. The first-order chi connectivity index (χ1) is 14.5. The predicted octanol–water partition coefficient (Wildman–Crippen LogP) is 3.90. The number of rotatable bonds is 10. The van der Waals surface area contributed by atoms with Gasteiger partial charge in [0.25, 0.3) is 0 Å². The quantitative estimate of drug-likeness (QED) is 0.279. The average Bonchev–Trinajstić information content (AvgIpc) is 2.67. The van der Waals surface area contributed by atoms with Crippen molar-refractivity contribution in [2.24, 2.45) is 0 Å². The first-order valence-electron chi connectivity index (χ1n) is 10.9. The number of quaternary nitrogens is 2. The maximum absolute atomic E-state index is 12.9. The zero-order valence-electron chi connectivity index (χ0n) is 19.7. The molecule has 0 saturated carbocycles. The highest BCUT2D eigenvalue weighted by molar-refractivity contribution is 5.90. The largest absolute Gasteiger partial charge is 0.493 e. The highest BCUT2D eigenvalue weighted by Crippen LogP contribution is 2.25. The minimum Gasteiger partial charge on any atom is -0.493 e. The molecule has 0 spiro atoms. The molecule has 0 fully saturated rings. The van der Waals surface area contributed by atoms with E-state index >= 15 is 0 Å². The van der Waals surface area contributed by atoms with Crippen molar-refractivity contribution < 1.29 is 22.9 Å². The zero-order valence-corrected chi connectivity index (χ0v) is 19.7. The van der Waals surface area contributed by atoms with Crippen LogP contribution in [0.15, 0.2) is 45.6 Å². The Morgan fingerprint density at radius 2 is 1.13 bits per heavy atom. The van der Waals surface area contributed by atoms with Crippen LogP contribution < -0.4 is 14.9 Å². The van der Waals surface area contributed by atoms with Crippen LogP contribution in [0.2, 0.25) is 0 Å². The maximum atomic E-state index is 12.9. The molecular formula is C25H36N2O4+2.